The van der Waals surface area contributed by atoms with Gasteiger partial charge in [-0.2, -0.15) is 0 Å². The van der Waals surface area contributed by atoms with Gasteiger partial charge in [-0.3, -0.25) is 4.21 Å². The van der Waals surface area contributed by atoms with Crippen LogP contribution in [0, 0.1) is 5.92 Å². The summed E-state index contributed by atoms with van der Waals surface area (Å²) in [5, 5.41) is 3.57. The zero-order valence-electron chi connectivity index (χ0n) is 13.8. The van der Waals surface area contributed by atoms with Gasteiger partial charge in [0.15, 0.2) is 0 Å². The molecule has 1 aliphatic carbocycles. The van der Waals surface area contributed by atoms with Gasteiger partial charge in [0.05, 0.1) is 10.8 Å². The van der Waals surface area contributed by atoms with E-state index < -0.39 is 10.8 Å². The second-order valence-electron chi connectivity index (χ2n) is 7.18. The van der Waals surface area contributed by atoms with Crippen molar-refractivity contribution < 1.29 is 4.21 Å². The Balaban J connectivity index is 1.98. The van der Waals surface area contributed by atoms with Crippen LogP contribution in [0.1, 0.15) is 52.5 Å². The highest BCUT2D eigenvalue weighted by molar-refractivity contribution is 7.85. The summed E-state index contributed by atoms with van der Waals surface area (Å²) < 4.78 is 12.6. The lowest BCUT2D eigenvalue weighted by atomic mass is 9.87. The van der Waals surface area contributed by atoms with Crippen LogP contribution < -0.4 is 5.32 Å². The molecule has 3 heteroatoms. The number of rotatable bonds is 7. The summed E-state index contributed by atoms with van der Waals surface area (Å²) in [5.41, 5.74) is 1.45. The zero-order valence-corrected chi connectivity index (χ0v) is 14.6. The lowest BCUT2D eigenvalue weighted by Gasteiger charge is -2.20. The summed E-state index contributed by atoms with van der Waals surface area (Å²) >= 11 is 0. The largest absolute Gasteiger partial charge is 0.313 e. The van der Waals surface area contributed by atoms with Crippen LogP contribution in [0.5, 0.6) is 0 Å². The number of hydrogen-bond acceptors (Lipinski definition) is 2. The predicted molar refractivity (Wildman–Crippen MR) is 91.2 cm³/mol. The standard InChI is InChI=1S/C18H29NOS/c1-5-12-19-17(14-6-7-14)13-21(20)16-10-8-15(9-11-16)18(2,3)4/h8-11,14,17,19H,5-7,12-13H2,1-4H3. The van der Waals surface area contributed by atoms with Gasteiger partial charge >= 0.3 is 0 Å². The van der Waals surface area contributed by atoms with Crippen LogP contribution in [-0.4, -0.2) is 22.5 Å². The van der Waals surface area contributed by atoms with E-state index in [4.69, 9.17) is 0 Å². The maximum absolute atomic E-state index is 12.6. The second kappa shape index (κ2) is 7.06. The Labute approximate surface area is 132 Å². The van der Waals surface area contributed by atoms with Crippen molar-refractivity contribution in [1.29, 1.82) is 0 Å². The van der Waals surface area contributed by atoms with Crippen LogP contribution in [-0.2, 0) is 16.2 Å². The molecule has 0 radical (unpaired) electrons. The molecule has 2 unspecified atom stereocenters. The Morgan fingerprint density at radius 1 is 1.24 bits per heavy atom. The first-order valence-corrected chi connectivity index (χ1v) is 9.46. The molecule has 0 aliphatic heterocycles. The van der Waals surface area contributed by atoms with Crippen LogP contribution >= 0.6 is 0 Å². The smallest absolute Gasteiger partial charge is 0.0545 e. The fraction of sp³-hybridized carbons (Fsp3) is 0.667. The van der Waals surface area contributed by atoms with E-state index in [-0.39, 0.29) is 5.41 Å². The molecule has 0 heterocycles. The maximum atomic E-state index is 12.6. The Morgan fingerprint density at radius 3 is 2.33 bits per heavy atom. The van der Waals surface area contributed by atoms with E-state index in [2.05, 4.69) is 45.1 Å². The molecule has 0 amide bonds. The first-order chi connectivity index (χ1) is 9.91. The van der Waals surface area contributed by atoms with Crippen LogP contribution in [0.2, 0.25) is 0 Å². The third-order valence-corrected chi connectivity index (χ3v) is 5.62. The van der Waals surface area contributed by atoms with Crippen molar-refractivity contribution >= 4 is 10.8 Å². The summed E-state index contributed by atoms with van der Waals surface area (Å²) in [4.78, 5) is 0.965. The van der Waals surface area contributed by atoms with Gasteiger partial charge in [-0.15, -0.1) is 0 Å². The summed E-state index contributed by atoms with van der Waals surface area (Å²) in [5.74, 6) is 1.49. The van der Waals surface area contributed by atoms with Crippen molar-refractivity contribution in [3.8, 4) is 0 Å². The van der Waals surface area contributed by atoms with Crippen molar-refractivity contribution in [2.45, 2.75) is 63.3 Å². The van der Waals surface area contributed by atoms with Crippen molar-refractivity contribution in [1.82, 2.24) is 5.32 Å². The summed E-state index contributed by atoms with van der Waals surface area (Å²) in [7, 11) is -0.895. The predicted octanol–water partition coefficient (Wildman–Crippen LogP) is 3.87. The van der Waals surface area contributed by atoms with E-state index >= 15 is 0 Å². The molecule has 1 fully saturated rings. The fourth-order valence-electron chi connectivity index (χ4n) is 2.56. The van der Waals surface area contributed by atoms with E-state index in [0.717, 1.165) is 29.5 Å². The van der Waals surface area contributed by atoms with Gasteiger partial charge in [0.2, 0.25) is 0 Å². The van der Waals surface area contributed by atoms with Crippen molar-refractivity contribution in [2.75, 3.05) is 12.3 Å². The molecule has 1 saturated carbocycles. The van der Waals surface area contributed by atoms with E-state index in [9.17, 15) is 4.21 Å². The molecule has 1 aliphatic rings. The Kier molecular flexibility index (Phi) is 5.61. The average molecular weight is 308 g/mol. The average Bonchev–Trinajstić information content (AvgIpc) is 3.27. The van der Waals surface area contributed by atoms with Gasteiger partial charge < -0.3 is 5.32 Å². The number of hydrogen-bond donors (Lipinski definition) is 1. The van der Waals surface area contributed by atoms with Crippen molar-refractivity contribution in [3.05, 3.63) is 29.8 Å². The minimum absolute atomic E-state index is 0.152. The van der Waals surface area contributed by atoms with E-state index in [0.29, 0.717) is 6.04 Å². The molecule has 1 aromatic rings. The third kappa shape index (κ3) is 4.93. The Bertz CT molecular complexity index is 471. The molecule has 1 N–H and O–H groups in total. The monoisotopic (exact) mass is 307 g/mol. The number of benzene rings is 1. The molecular weight excluding hydrogens is 278 g/mol. The second-order valence-corrected chi connectivity index (χ2v) is 8.68. The third-order valence-electron chi connectivity index (χ3n) is 4.16. The van der Waals surface area contributed by atoms with Crippen molar-refractivity contribution in [2.24, 2.45) is 5.92 Å². The van der Waals surface area contributed by atoms with Crippen LogP contribution in [0.25, 0.3) is 0 Å². The van der Waals surface area contributed by atoms with Gasteiger partial charge in [0, 0.05) is 16.7 Å². The molecule has 2 atom stereocenters. The molecule has 2 nitrogen and oxygen atoms in total. The molecule has 0 spiro atoms. The summed E-state index contributed by atoms with van der Waals surface area (Å²) in [6.45, 7) is 9.82. The van der Waals surface area contributed by atoms with E-state index in [1.54, 1.807) is 0 Å². The molecule has 2 rings (SSSR count). The fourth-order valence-corrected chi connectivity index (χ4v) is 3.90. The Morgan fingerprint density at radius 2 is 1.86 bits per heavy atom. The number of nitrogens with one attached hydrogen (secondary N) is 1. The lowest BCUT2D eigenvalue weighted by Crippen LogP contribution is -2.36. The van der Waals surface area contributed by atoms with Gasteiger partial charge in [-0.1, -0.05) is 39.8 Å². The van der Waals surface area contributed by atoms with Crippen molar-refractivity contribution in [3.63, 3.8) is 0 Å². The topological polar surface area (TPSA) is 29.1 Å². The summed E-state index contributed by atoms with van der Waals surface area (Å²) in [6, 6.07) is 8.76. The minimum Gasteiger partial charge on any atom is -0.313 e. The molecule has 0 bridgehead atoms. The lowest BCUT2D eigenvalue weighted by molar-refractivity contribution is 0.498. The van der Waals surface area contributed by atoms with Gasteiger partial charge in [-0.25, -0.2) is 0 Å². The van der Waals surface area contributed by atoms with E-state index in [1.807, 2.05) is 12.1 Å². The molecule has 118 valence electrons. The highest BCUT2D eigenvalue weighted by atomic mass is 32.2. The van der Waals surface area contributed by atoms with Gasteiger partial charge in [0.1, 0.15) is 0 Å². The normalized spacial score (nSPS) is 18.5. The Hall–Kier alpha value is -0.670. The SMILES string of the molecule is CCCNC(CS(=O)c1ccc(C(C)(C)C)cc1)C1CC1. The zero-order chi connectivity index (χ0) is 15.5. The first-order valence-electron chi connectivity index (χ1n) is 8.14. The molecule has 1 aromatic carbocycles. The van der Waals surface area contributed by atoms with Crippen LogP contribution in [0.15, 0.2) is 29.2 Å². The highest BCUT2D eigenvalue weighted by Gasteiger charge is 2.32. The minimum atomic E-state index is -0.895. The summed E-state index contributed by atoms with van der Waals surface area (Å²) in [6.07, 6.45) is 3.72. The van der Waals surface area contributed by atoms with Crippen LogP contribution in [0.4, 0.5) is 0 Å². The molecule has 0 aromatic heterocycles. The quantitative estimate of drug-likeness (QED) is 0.828. The van der Waals surface area contributed by atoms with Crippen LogP contribution in [0.3, 0.4) is 0 Å². The molecule has 21 heavy (non-hydrogen) atoms. The molecular formula is C18H29NOS. The highest BCUT2D eigenvalue weighted by Crippen LogP contribution is 2.33. The molecule has 0 saturated heterocycles. The maximum Gasteiger partial charge on any atom is 0.0545 e. The first kappa shape index (κ1) is 16.7. The van der Waals surface area contributed by atoms with E-state index in [1.165, 1.54) is 18.4 Å². The van der Waals surface area contributed by atoms with Gasteiger partial charge in [0.25, 0.3) is 0 Å². The van der Waals surface area contributed by atoms with Gasteiger partial charge in [-0.05, 0) is 54.8 Å².